The molecule has 0 saturated heterocycles. The Balaban J connectivity index is 1.67. The monoisotopic (exact) mass is 526 g/mol. The van der Waals surface area contributed by atoms with Crippen LogP contribution in [0, 0.1) is 17.3 Å². The van der Waals surface area contributed by atoms with E-state index in [0.717, 1.165) is 16.7 Å². The van der Waals surface area contributed by atoms with Gasteiger partial charge in [-0.15, -0.1) is 0 Å². The molecular weight excluding hydrogens is 495 g/mol. The maximum absolute atomic E-state index is 15.0. The lowest BCUT2D eigenvalue weighted by Gasteiger charge is -2.56. The Bertz CT molecular complexity index is 1150. The van der Waals surface area contributed by atoms with Crippen molar-refractivity contribution in [2.45, 2.75) is 81.6 Å². The van der Waals surface area contributed by atoms with Gasteiger partial charge in [0.25, 0.3) is 0 Å². The van der Waals surface area contributed by atoms with E-state index in [0.29, 0.717) is 36.8 Å². The lowest BCUT2D eigenvalue weighted by atomic mass is 9.50. The molecule has 5 rings (SSSR count). The number of fused-ring (bicyclic) bond motifs is 4. The molecule has 37 heavy (non-hydrogen) atoms. The molecule has 4 aliphatic carbocycles. The molecule has 0 radical (unpaired) electrons. The fourth-order valence-electron chi connectivity index (χ4n) is 7.77. The number of aliphatic hydroxyl groups excluding tert-OH is 2. The van der Waals surface area contributed by atoms with E-state index >= 15 is 0 Å². The van der Waals surface area contributed by atoms with Crippen LogP contribution >= 0.6 is 0 Å². The molecule has 2 saturated carbocycles. The van der Waals surface area contributed by atoms with Crippen molar-refractivity contribution in [2.24, 2.45) is 17.3 Å². The zero-order valence-electron chi connectivity index (χ0n) is 20.5. The number of aliphatic hydroxyl groups is 3. The van der Waals surface area contributed by atoms with E-state index < -0.39 is 54.1 Å². The number of halogens is 5. The molecule has 1 aromatic carbocycles. The Labute approximate surface area is 211 Å². The maximum atomic E-state index is 15.0. The molecule has 6 atom stereocenters. The summed E-state index contributed by atoms with van der Waals surface area (Å²) in [6.45, 7) is 0.903. The molecule has 9 heteroatoms. The van der Waals surface area contributed by atoms with E-state index in [1.54, 1.807) is 30.3 Å². The van der Waals surface area contributed by atoms with Crippen molar-refractivity contribution in [3.8, 4) is 0 Å². The van der Waals surface area contributed by atoms with Gasteiger partial charge in [-0.25, -0.2) is 0 Å². The van der Waals surface area contributed by atoms with Crippen molar-refractivity contribution in [2.75, 3.05) is 6.61 Å². The van der Waals surface area contributed by atoms with Crippen molar-refractivity contribution >= 4 is 5.78 Å². The van der Waals surface area contributed by atoms with Gasteiger partial charge in [0.1, 0.15) is 11.7 Å². The van der Waals surface area contributed by atoms with Gasteiger partial charge in [-0.1, -0.05) is 36.8 Å². The van der Waals surface area contributed by atoms with E-state index in [1.165, 1.54) is 6.92 Å². The Hall–Kier alpha value is -2.10. The van der Waals surface area contributed by atoms with E-state index in [2.05, 4.69) is 0 Å². The molecule has 0 heterocycles. The highest BCUT2D eigenvalue weighted by Crippen LogP contribution is 2.70. The van der Waals surface area contributed by atoms with Gasteiger partial charge in [0.05, 0.1) is 6.61 Å². The minimum absolute atomic E-state index is 0.0254. The molecule has 202 valence electrons. The number of hydrogen-bond donors (Lipinski definition) is 3. The molecule has 0 bridgehead atoms. The van der Waals surface area contributed by atoms with Gasteiger partial charge in [0.2, 0.25) is 0 Å². The average molecular weight is 527 g/mol. The van der Waals surface area contributed by atoms with Crippen LogP contribution in [0.25, 0.3) is 0 Å². The molecule has 4 nitrogen and oxygen atoms in total. The lowest BCUT2D eigenvalue weighted by Crippen LogP contribution is -2.65. The van der Waals surface area contributed by atoms with Gasteiger partial charge >= 0.3 is 12.1 Å². The largest absolute Gasteiger partial charge is 0.456 e. The molecule has 0 unspecified atom stereocenters. The molecule has 0 aromatic heterocycles. The molecule has 0 amide bonds. The highest BCUT2D eigenvalue weighted by atomic mass is 19.4. The zero-order chi connectivity index (χ0) is 27.0. The first-order chi connectivity index (χ1) is 17.2. The summed E-state index contributed by atoms with van der Waals surface area (Å²) in [6.07, 6.45) is -4.15. The van der Waals surface area contributed by atoms with Crippen molar-refractivity contribution < 1.29 is 42.1 Å². The van der Waals surface area contributed by atoms with Crippen LogP contribution in [-0.4, -0.2) is 45.4 Å². The van der Waals surface area contributed by atoms with E-state index in [1.807, 2.05) is 0 Å². The van der Waals surface area contributed by atoms with Crippen LogP contribution in [0.3, 0.4) is 0 Å². The third-order valence-corrected chi connectivity index (χ3v) is 9.66. The predicted octanol–water partition coefficient (Wildman–Crippen LogP) is 5.54. The minimum Gasteiger partial charge on any atom is -0.393 e. The van der Waals surface area contributed by atoms with Gasteiger partial charge in [0.15, 0.2) is 5.78 Å². The molecule has 3 N–H and O–H groups in total. The third kappa shape index (κ3) is 3.75. The van der Waals surface area contributed by atoms with Crippen LogP contribution < -0.4 is 0 Å². The lowest BCUT2D eigenvalue weighted by molar-refractivity contribution is -0.362. The molecule has 4 aliphatic rings. The summed E-state index contributed by atoms with van der Waals surface area (Å²) in [4.78, 5) is 12.1. The normalized spacial score (nSPS) is 35.0. The minimum atomic E-state index is -5.89. The van der Waals surface area contributed by atoms with E-state index in [-0.39, 0.29) is 24.5 Å². The molecule has 0 aliphatic heterocycles. The SMILES string of the molecule is C[C@]12C[C@H](c3ccc([C@H](O)CO)cc3)C3=C4CCC(=O)C=C4CC[C@H]3[C@@H]1CC[C@@]2(O)C(F)(F)C(F)(F)F. The standard InChI is InChI=1S/C28H31F5O4/c1-25-13-21(15-2-4-16(5-3-15)23(36)14-34)24-19-9-7-18(35)12-17(19)6-8-20(24)22(25)10-11-26(25,37)27(29,30)28(31,32)33/h2-5,12,20-23,34,36-37H,6-11,13-14H2,1H3/t20-,21+,22-,23+,25-,26-/m0/s1. The predicted molar refractivity (Wildman–Crippen MR) is 125 cm³/mol. The summed E-state index contributed by atoms with van der Waals surface area (Å²) < 4.78 is 70.9. The second kappa shape index (κ2) is 8.71. The van der Waals surface area contributed by atoms with Crippen LogP contribution in [0.2, 0.25) is 0 Å². The van der Waals surface area contributed by atoms with E-state index in [9.17, 15) is 42.1 Å². The quantitative estimate of drug-likeness (QED) is 0.451. The maximum Gasteiger partial charge on any atom is 0.456 e. The Morgan fingerprint density at radius 3 is 2.35 bits per heavy atom. The number of rotatable bonds is 4. The van der Waals surface area contributed by atoms with Crippen LogP contribution in [0.1, 0.15) is 75.0 Å². The first-order valence-corrected chi connectivity index (χ1v) is 12.8. The van der Waals surface area contributed by atoms with Gasteiger partial charge in [-0.3, -0.25) is 4.79 Å². The molecular formula is C28H31F5O4. The van der Waals surface area contributed by atoms with Gasteiger partial charge in [0, 0.05) is 17.8 Å². The van der Waals surface area contributed by atoms with Crippen molar-refractivity contribution in [1.82, 2.24) is 0 Å². The van der Waals surface area contributed by atoms with Gasteiger partial charge in [-0.2, -0.15) is 22.0 Å². The highest BCUT2D eigenvalue weighted by molar-refractivity contribution is 5.93. The average Bonchev–Trinajstić information content (AvgIpc) is 3.13. The van der Waals surface area contributed by atoms with Gasteiger partial charge < -0.3 is 15.3 Å². The molecule has 2 fully saturated rings. The topological polar surface area (TPSA) is 77.8 Å². The molecule has 0 spiro atoms. The summed E-state index contributed by atoms with van der Waals surface area (Å²) in [5.74, 6) is -6.63. The Kier molecular flexibility index (Phi) is 6.24. The summed E-state index contributed by atoms with van der Waals surface area (Å²) in [5.41, 5.74) is -0.915. The van der Waals surface area contributed by atoms with Gasteiger partial charge in [-0.05, 0) is 78.7 Å². The Morgan fingerprint density at radius 1 is 1.05 bits per heavy atom. The van der Waals surface area contributed by atoms with Crippen LogP contribution in [-0.2, 0) is 4.79 Å². The number of carbonyl (C=O) groups excluding carboxylic acids is 1. The summed E-state index contributed by atoms with van der Waals surface area (Å²) in [5, 5.41) is 30.5. The van der Waals surface area contributed by atoms with Crippen LogP contribution in [0.4, 0.5) is 22.0 Å². The first-order valence-electron chi connectivity index (χ1n) is 12.8. The smallest absolute Gasteiger partial charge is 0.393 e. The second-order valence-corrected chi connectivity index (χ2v) is 11.3. The zero-order valence-corrected chi connectivity index (χ0v) is 20.5. The van der Waals surface area contributed by atoms with Crippen molar-refractivity contribution in [3.63, 3.8) is 0 Å². The number of hydrogen-bond acceptors (Lipinski definition) is 4. The third-order valence-electron chi connectivity index (χ3n) is 9.66. The number of ketones is 1. The van der Waals surface area contributed by atoms with Crippen molar-refractivity contribution in [1.29, 1.82) is 0 Å². The number of alkyl halides is 5. The van der Waals surface area contributed by atoms with Crippen LogP contribution in [0.15, 0.2) is 47.1 Å². The number of allylic oxidation sites excluding steroid dienone is 4. The molecule has 1 aromatic rings. The van der Waals surface area contributed by atoms with Crippen LogP contribution in [0.5, 0.6) is 0 Å². The Morgan fingerprint density at radius 2 is 1.73 bits per heavy atom. The summed E-state index contributed by atoms with van der Waals surface area (Å²) >= 11 is 0. The van der Waals surface area contributed by atoms with Crippen molar-refractivity contribution in [3.05, 3.63) is 58.2 Å². The number of benzene rings is 1. The summed E-state index contributed by atoms with van der Waals surface area (Å²) in [6, 6.07) is 6.63. The first kappa shape index (κ1) is 26.5. The second-order valence-electron chi connectivity index (χ2n) is 11.3. The highest BCUT2D eigenvalue weighted by Gasteiger charge is 2.79. The van der Waals surface area contributed by atoms with E-state index in [4.69, 9.17) is 0 Å². The fourth-order valence-corrected chi connectivity index (χ4v) is 7.77. The number of carbonyl (C=O) groups is 1. The fraction of sp³-hybridized carbons (Fsp3) is 0.607. The summed E-state index contributed by atoms with van der Waals surface area (Å²) in [7, 11) is 0.